The maximum absolute atomic E-state index is 5.47. The van der Waals surface area contributed by atoms with E-state index in [1.807, 2.05) is 0 Å². The molecule has 1 fully saturated rings. The molecule has 0 unspecified atom stereocenters. The first kappa shape index (κ1) is 13.9. The Morgan fingerprint density at radius 1 is 1.28 bits per heavy atom. The van der Waals surface area contributed by atoms with Crippen LogP contribution in [-0.2, 0) is 12.0 Å². The molecule has 0 aliphatic heterocycles. The zero-order chi connectivity index (χ0) is 13.4. The molecular formula is C15H26N2S. The van der Waals surface area contributed by atoms with Crippen molar-refractivity contribution in [3.8, 4) is 0 Å². The molecule has 1 saturated carbocycles. The van der Waals surface area contributed by atoms with Crippen molar-refractivity contribution < 1.29 is 0 Å². The largest absolute Gasteiger partial charge is 0.337 e. The van der Waals surface area contributed by atoms with Crippen LogP contribution in [0.3, 0.4) is 0 Å². The smallest absolute Gasteiger partial charge is 0.177 e. The van der Waals surface area contributed by atoms with E-state index >= 15 is 0 Å². The van der Waals surface area contributed by atoms with Crippen LogP contribution in [0.2, 0.25) is 0 Å². The van der Waals surface area contributed by atoms with Gasteiger partial charge in [0.05, 0.1) is 0 Å². The molecule has 1 aromatic heterocycles. The van der Waals surface area contributed by atoms with Crippen LogP contribution in [-0.4, -0.2) is 9.55 Å². The Balaban J connectivity index is 2.28. The minimum absolute atomic E-state index is 0.151. The van der Waals surface area contributed by atoms with Crippen molar-refractivity contribution in [2.24, 2.45) is 5.41 Å². The molecule has 2 nitrogen and oxygen atoms in total. The molecule has 0 amide bonds. The van der Waals surface area contributed by atoms with Crippen molar-refractivity contribution in [1.82, 2.24) is 9.55 Å². The molecule has 0 radical (unpaired) electrons. The van der Waals surface area contributed by atoms with Crippen molar-refractivity contribution >= 4 is 12.2 Å². The second-order valence-electron chi connectivity index (χ2n) is 7.19. The van der Waals surface area contributed by atoms with Crippen LogP contribution in [0.25, 0.3) is 0 Å². The van der Waals surface area contributed by atoms with Crippen molar-refractivity contribution in [3.05, 3.63) is 16.7 Å². The van der Waals surface area contributed by atoms with Crippen molar-refractivity contribution in [2.45, 2.75) is 71.8 Å². The quantitative estimate of drug-likeness (QED) is 0.762. The first-order chi connectivity index (χ1) is 8.32. The standard InChI is InChI=1S/C15H26N2S/c1-14(2,3)12-10-16-13(18)17(12)11-15(4)8-6-5-7-9-15/h10H,5-9,11H2,1-4H3,(H,16,18). The molecule has 0 saturated heterocycles. The van der Waals surface area contributed by atoms with Gasteiger partial charge in [-0.25, -0.2) is 0 Å². The van der Waals surface area contributed by atoms with Crippen LogP contribution in [0.15, 0.2) is 6.20 Å². The van der Waals surface area contributed by atoms with E-state index in [-0.39, 0.29) is 5.41 Å². The van der Waals surface area contributed by atoms with Crippen LogP contribution in [0.4, 0.5) is 0 Å². The van der Waals surface area contributed by atoms with Gasteiger partial charge in [-0.1, -0.05) is 47.0 Å². The molecule has 102 valence electrons. The van der Waals surface area contributed by atoms with Gasteiger partial charge < -0.3 is 9.55 Å². The third-order valence-electron chi connectivity index (χ3n) is 4.24. The lowest BCUT2D eigenvalue weighted by molar-refractivity contribution is 0.178. The lowest BCUT2D eigenvalue weighted by atomic mass is 9.75. The van der Waals surface area contributed by atoms with Gasteiger partial charge in [0.1, 0.15) is 0 Å². The maximum atomic E-state index is 5.47. The minimum atomic E-state index is 0.151. The summed E-state index contributed by atoms with van der Waals surface area (Å²) in [6.45, 7) is 10.3. The van der Waals surface area contributed by atoms with Crippen LogP contribution < -0.4 is 0 Å². The average Bonchev–Trinajstić information content (AvgIpc) is 2.60. The Hall–Kier alpha value is -0.570. The number of hydrogen-bond donors (Lipinski definition) is 1. The molecule has 18 heavy (non-hydrogen) atoms. The molecule has 1 heterocycles. The number of imidazole rings is 1. The Morgan fingerprint density at radius 3 is 2.44 bits per heavy atom. The van der Waals surface area contributed by atoms with Crippen molar-refractivity contribution in [3.63, 3.8) is 0 Å². The molecule has 0 bridgehead atoms. The number of H-pyrrole nitrogens is 1. The fraction of sp³-hybridized carbons (Fsp3) is 0.800. The molecule has 3 heteroatoms. The van der Waals surface area contributed by atoms with E-state index in [0.717, 1.165) is 11.3 Å². The third kappa shape index (κ3) is 2.87. The summed E-state index contributed by atoms with van der Waals surface area (Å²) < 4.78 is 3.22. The van der Waals surface area contributed by atoms with E-state index in [4.69, 9.17) is 12.2 Å². The molecule has 2 rings (SSSR count). The summed E-state index contributed by atoms with van der Waals surface area (Å²) in [6, 6.07) is 0. The van der Waals surface area contributed by atoms with Gasteiger partial charge >= 0.3 is 0 Å². The predicted molar refractivity (Wildman–Crippen MR) is 79.5 cm³/mol. The second-order valence-corrected chi connectivity index (χ2v) is 7.57. The Kier molecular flexibility index (Phi) is 3.72. The van der Waals surface area contributed by atoms with Gasteiger partial charge in [-0.2, -0.15) is 0 Å². The predicted octanol–water partition coefficient (Wildman–Crippen LogP) is 4.81. The number of nitrogens with one attached hydrogen (secondary N) is 1. The van der Waals surface area contributed by atoms with Crippen LogP contribution in [0, 0.1) is 10.2 Å². The maximum Gasteiger partial charge on any atom is 0.177 e. The molecule has 0 aromatic carbocycles. The zero-order valence-corrected chi connectivity index (χ0v) is 13.0. The third-order valence-corrected chi connectivity index (χ3v) is 4.58. The zero-order valence-electron chi connectivity index (χ0n) is 12.2. The monoisotopic (exact) mass is 266 g/mol. The Labute approximate surface area is 116 Å². The van der Waals surface area contributed by atoms with Gasteiger partial charge in [0.25, 0.3) is 0 Å². The lowest BCUT2D eigenvalue weighted by Gasteiger charge is -2.35. The number of aromatic amines is 1. The second kappa shape index (κ2) is 4.84. The SMILES string of the molecule is CC1(Cn2c(C(C)(C)C)c[nH]c2=S)CCCCC1. The molecule has 0 spiro atoms. The van der Waals surface area contributed by atoms with E-state index in [1.54, 1.807) is 0 Å². The number of nitrogens with zero attached hydrogens (tertiary/aromatic N) is 1. The van der Waals surface area contributed by atoms with Crippen LogP contribution >= 0.6 is 12.2 Å². The fourth-order valence-electron chi connectivity index (χ4n) is 3.12. The fourth-order valence-corrected chi connectivity index (χ4v) is 3.34. The molecule has 0 atom stereocenters. The molecular weight excluding hydrogens is 240 g/mol. The number of aromatic nitrogens is 2. The highest BCUT2D eigenvalue weighted by Crippen LogP contribution is 2.38. The highest BCUT2D eigenvalue weighted by molar-refractivity contribution is 7.71. The van der Waals surface area contributed by atoms with Gasteiger partial charge in [0, 0.05) is 23.9 Å². The van der Waals surface area contributed by atoms with E-state index in [9.17, 15) is 0 Å². The van der Waals surface area contributed by atoms with Crippen LogP contribution in [0.1, 0.15) is 65.5 Å². The van der Waals surface area contributed by atoms with Gasteiger partial charge in [0.2, 0.25) is 0 Å². The molecule has 1 N–H and O–H groups in total. The van der Waals surface area contributed by atoms with Crippen LogP contribution in [0.5, 0.6) is 0 Å². The molecule has 1 aliphatic rings. The summed E-state index contributed by atoms with van der Waals surface area (Å²) in [6.07, 6.45) is 8.92. The van der Waals surface area contributed by atoms with Gasteiger partial charge in [0.15, 0.2) is 4.77 Å². The lowest BCUT2D eigenvalue weighted by Crippen LogP contribution is -2.29. The normalized spacial score (nSPS) is 20.0. The Morgan fingerprint density at radius 2 is 1.89 bits per heavy atom. The summed E-state index contributed by atoms with van der Waals surface area (Å²) in [5.74, 6) is 0. The van der Waals surface area contributed by atoms with Gasteiger partial charge in [-0.05, 0) is 30.5 Å². The minimum Gasteiger partial charge on any atom is -0.337 e. The van der Waals surface area contributed by atoms with E-state index in [2.05, 4.69) is 43.4 Å². The number of hydrogen-bond acceptors (Lipinski definition) is 1. The topological polar surface area (TPSA) is 20.7 Å². The van der Waals surface area contributed by atoms with Gasteiger partial charge in [-0.3, -0.25) is 0 Å². The van der Waals surface area contributed by atoms with E-state index < -0.39 is 0 Å². The summed E-state index contributed by atoms with van der Waals surface area (Å²) >= 11 is 5.47. The molecule has 1 aliphatic carbocycles. The summed E-state index contributed by atoms with van der Waals surface area (Å²) in [5, 5.41) is 0. The Bertz CT molecular complexity index is 456. The van der Waals surface area contributed by atoms with Crippen molar-refractivity contribution in [1.29, 1.82) is 0 Å². The highest BCUT2D eigenvalue weighted by Gasteiger charge is 2.29. The highest BCUT2D eigenvalue weighted by atomic mass is 32.1. The first-order valence-electron chi connectivity index (χ1n) is 7.11. The summed E-state index contributed by atoms with van der Waals surface area (Å²) in [5.41, 5.74) is 1.91. The number of rotatable bonds is 2. The summed E-state index contributed by atoms with van der Waals surface area (Å²) in [7, 11) is 0. The van der Waals surface area contributed by atoms with E-state index in [1.165, 1.54) is 37.8 Å². The van der Waals surface area contributed by atoms with Crippen molar-refractivity contribution in [2.75, 3.05) is 0 Å². The molecule has 1 aromatic rings. The first-order valence-corrected chi connectivity index (χ1v) is 7.51. The average molecular weight is 266 g/mol. The summed E-state index contributed by atoms with van der Waals surface area (Å²) in [4.78, 5) is 3.23. The van der Waals surface area contributed by atoms with E-state index in [0.29, 0.717) is 5.41 Å². The van der Waals surface area contributed by atoms with Gasteiger partial charge in [-0.15, -0.1) is 0 Å².